The van der Waals surface area contributed by atoms with Crippen LogP contribution in [0.1, 0.15) is 29.3 Å². The molecule has 0 aliphatic heterocycles. The number of hydrogen-bond acceptors (Lipinski definition) is 4. The summed E-state index contributed by atoms with van der Waals surface area (Å²) in [5, 5.41) is 19.5. The van der Waals surface area contributed by atoms with Crippen LogP contribution in [0, 0.1) is 28.4 Å². The Morgan fingerprint density at radius 1 is 1.58 bits per heavy atom. The van der Waals surface area contributed by atoms with Gasteiger partial charge in [0.15, 0.2) is 0 Å². The lowest BCUT2D eigenvalue weighted by atomic mass is 10.0. The number of nitro groups is 1. The largest absolute Gasteiger partial charge is 0.338 e. The number of hydrogen-bond donors (Lipinski definition) is 0. The van der Waals surface area contributed by atoms with E-state index in [9.17, 15) is 14.9 Å². The second kappa shape index (κ2) is 5.96. The minimum atomic E-state index is -0.509. The Kier molecular flexibility index (Phi) is 4.59. The summed E-state index contributed by atoms with van der Waals surface area (Å²) < 4.78 is 0. The third-order valence-electron chi connectivity index (χ3n) is 3.10. The molecule has 0 radical (unpaired) electrons. The standard InChI is InChI=1S/C13H15N3O3/c1-9(7-8-14)15(3)13(17)11-5-4-6-12(10(11)2)16(18)19/h4-6,9H,7H2,1-3H3. The fourth-order valence-electron chi connectivity index (χ4n) is 1.71. The van der Waals surface area contributed by atoms with Gasteiger partial charge < -0.3 is 4.90 Å². The minimum Gasteiger partial charge on any atom is -0.338 e. The zero-order valence-electron chi connectivity index (χ0n) is 11.1. The van der Waals surface area contributed by atoms with Gasteiger partial charge in [-0.05, 0) is 19.9 Å². The lowest BCUT2D eigenvalue weighted by molar-refractivity contribution is -0.385. The summed E-state index contributed by atoms with van der Waals surface area (Å²) in [5.41, 5.74) is 0.558. The molecule has 0 N–H and O–H groups in total. The Balaban J connectivity index is 3.11. The third-order valence-corrected chi connectivity index (χ3v) is 3.10. The van der Waals surface area contributed by atoms with Gasteiger partial charge in [-0.2, -0.15) is 5.26 Å². The highest BCUT2D eigenvalue weighted by molar-refractivity contribution is 5.96. The molecule has 0 aromatic heterocycles. The molecule has 1 atom stereocenters. The van der Waals surface area contributed by atoms with Crippen LogP contribution in [0.3, 0.4) is 0 Å². The van der Waals surface area contributed by atoms with Crippen LogP contribution in [0.25, 0.3) is 0 Å². The highest BCUT2D eigenvalue weighted by atomic mass is 16.6. The number of nitrogens with zero attached hydrogens (tertiary/aromatic N) is 3. The highest BCUT2D eigenvalue weighted by Gasteiger charge is 2.22. The molecule has 0 saturated heterocycles. The summed E-state index contributed by atoms with van der Waals surface area (Å²) in [6.45, 7) is 3.31. The molecule has 0 heterocycles. The molecule has 0 saturated carbocycles. The Morgan fingerprint density at radius 3 is 2.74 bits per heavy atom. The quantitative estimate of drug-likeness (QED) is 0.614. The molecule has 0 aliphatic rings. The summed E-state index contributed by atoms with van der Waals surface area (Å²) >= 11 is 0. The number of nitro benzene ring substituents is 1. The second-order valence-electron chi connectivity index (χ2n) is 4.33. The topological polar surface area (TPSA) is 87.2 Å². The molecule has 1 rings (SSSR count). The predicted molar refractivity (Wildman–Crippen MR) is 69.6 cm³/mol. The second-order valence-corrected chi connectivity index (χ2v) is 4.33. The van der Waals surface area contributed by atoms with Crippen molar-refractivity contribution in [2.75, 3.05) is 7.05 Å². The SMILES string of the molecule is Cc1c(C(=O)N(C)C(C)CC#N)cccc1[N+](=O)[O-]. The van der Waals surface area contributed by atoms with Gasteiger partial charge in [-0.25, -0.2) is 0 Å². The Bertz CT molecular complexity index is 549. The van der Waals surface area contributed by atoms with E-state index in [2.05, 4.69) is 0 Å². The van der Waals surface area contributed by atoms with Crippen molar-refractivity contribution in [3.63, 3.8) is 0 Å². The Morgan fingerprint density at radius 2 is 2.21 bits per heavy atom. The molecule has 0 spiro atoms. The van der Waals surface area contributed by atoms with Crippen LogP contribution in [0.15, 0.2) is 18.2 Å². The average Bonchev–Trinajstić information content (AvgIpc) is 2.37. The van der Waals surface area contributed by atoms with Gasteiger partial charge in [0.2, 0.25) is 0 Å². The molecule has 1 aromatic carbocycles. The number of benzene rings is 1. The number of nitriles is 1. The van der Waals surface area contributed by atoms with E-state index in [1.165, 1.54) is 17.0 Å². The van der Waals surface area contributed by atoms with Crippen molar-refractivity contribution in [2.24, 2.45) is 0 Å². The van der Waals surface area contributed by atoms with Gasteiger partial charge in [-0.15, -0.1) is 0 Å². The van der Waals surface area contributed by atoms with E-state index in [0.29, 0.717) is 11.1 Å². The van der Waals surface area contributed by atoms with Crippen LogP contribution in [-0.2, 0) is 0 Å². The maximum atomic E-state index is 12.3. The Labute approximate surface area is 111 Å². The van der Waals surface area contributed by atoms with E-state index in [1.54, 1.807) is 27.0 Å². The lowest BCUT2D eigenvalue weighted by Crippen LogP contribution is -2.35. The summed E-state index contributed by atoms with van der Waals surface area (Å²) in [4.78, 5) is 24.0. The smallest absolute Gasteiger partial charge is 0.273 e. The van der Waals surface area contributed by atoms with Crippen molar-refractivity contribution >= 4 is 11.6 Å². The number of amides is 1. The van der Waals surface area contributed by atoms with E-state index >= 15 is 0 Å². The van der Waals surface area contributed by atoms with Gasteiger partial charge >= 0.3 is 0 Å². The first kappa shape index (κ1) is 14.6. The highest BCUT2D eigenvalue weighted by Crippen LogP contribution is 2.22. The van der Waals surface area contributed by atoms with Gasteiger partial charge in [0.1, 0.15) is 0 Å². The first-order valence-corrected chi connectivity index (χ1v) is 5.78. The molecule has 1 aromatic rings. The van der Waals surface area contributed by atoms with E-state index in [1.807, 2.05) is 6.07 Å². The van der Waals surface area contributed by atoms with Crippen LogP contribution in [-0.4, -0.2) is 28.8 Å². The number of carbonyl (C=O) groups is 1. The molecule has 6 heteroatoms. The molecule has 100 valence electrons. The van der Waals surface area contributed by atoms with E-state index in [0.717, 1.165) is 0 Å². The number of carbonyl (C=O) groups excluding carboxylic acids is 1. The van der Waals surface area contributed by atoms with E-state index in [4.69, 9.17) is 5.26 Å². The van der Waals surface area contributed by atoms with Gasteiger partial charge in [-0.3, -0.25) is 14.9 Å². The van der Waals surface area contributed by atoms with Gasteiger partial charge in [0.05, 0.1) is 17.4 Å². The molecule has 1 unspecified atom stereocenters. The Hall–Kier alpha value is -2.42. The summed E-state index contributed by atoms with van der Waals surface area (Å²) in [6, 6.07) is 6.17. The minimum absolute atomic E-state index is 0.0767. The molecular formula is C13H15N3O3. The molecular weight excluding hydrogens is 246 g/mol. The van der Waals surface area contributed by atoms with Gasteiger partial charge in [0, 0.05) is 30.3 Å². The van der Waals surface area contributed by atoms with Gasteiger partial charge in [0.25, 0.3) is 11.6 Å². The van der Waals surface area contributed by atoms with Crippen molar-refractivity contribution < 1.29 is 9.72 Å². The van der Waals surface area contributed by atoms with Crippen molar-refractivity contribution in [3.05, 3.63) is 39.4 Å². The van der Waals surface area contributed by atoms with Crippen molar-refractivity contribution in [1.82, 2.24) is 4.90 Å². The molecule has 0 fully saturated rings. The maximum absolute atomic E-state index is 12.3. The van der Waals surface area contributed by atoms with Crippen LogP contribution in [0.4, 0.5) is 5.69 Å². The summed E-state index contributed by atoms with van der Waals surface area (Å²) in [5.74, 6) is -0.316. The van der Waals surface area contributed by atoms with Crippen LogP contribution in [0.2, 0.25) is 0 Å². The van der Waals surface area contributed by atoms with Crippen molar-refractivity contribution in [3.8, 4) is 6.07 Å². The van der Waals surface area contributed by atoms with Crippen molar-refractivity contribution in [2.45, 2.75) is 26.3 Å². The van der Waals surface area contributed by atoms with Crippen LogP contribution >= 0.6 is 0 Å². The lowest BCUT2D eigenvalue weighted by Gasteiger charge is -2.23. The first-order valence-electron chi connectivity index (χ1n) is 5.78. The fourth-order valence-corrected chi connectivity index (χ4v) is 1.71. The van der Waals surface area contributed by atoms with Crippen LogP contribution < -0.4 is 0 Å². The predicted octanol–water partition coefficient (Wildman–Crippen LogP) is 2.28. The van der Waals surface area contributed by atoms with E-state index < -0.39 is 4.92 Å². The molecule has 19 heavy (non-hydrogen) atoms. The van der Waals surface area contributed by atoms with E-state index in [-0.39, 0.29) is 24.1 Å². The number of rotatable bonds is 4. The van der Waals surface area contributed by atoms with Crippen molar-refractivity contribution in [1.29, 1.82) is 5.26 Å². The summed E-state index contributed by atoms with van der Waals surface area (Å²) in [6.07, 6.45) is 0.218. The zero-order chi connectivity index (χ0) is 14.6. The maximum Gasteiger partial charge on any atom is 0.273 e. The molecule has 0 aliphatic carbocycles. The molecule has 6 nitrogen and oxygen atoms in total. The summed E-state index contributed by atoms with van der Waals surface area (Å²) in [7, 11) is 1.59. The zero-order valence-corrected chi connectivity index (χ0v) is 11.1. The fraction of sp³-hybridized carbons (Fsp3) is 0.385. The van der Waals surface area contributed by atoms with Gasteiger partial charge in [-0.1, -0.05) is 6.07 Å². The first-order chi connectivity index (χ1) is 8.90. The normalized spacial score (nSPS) is 11.5. The molecule has 0 bridgehead atoms. The molecule has 1 amide bonds. The average molecular weight is 261 g/mol. The van der Waals surface area contributed by atoms with Crippen LogP contribution in [0.5, 0.6) is 0 Å². The third kappa shape index (κ3) is 3.07. The monoisotopic (exact) mass is 261 g/mol.